The molecule has 2 amide bonds. The van der Waals surface area contributed by atoms with E-state index in [1.807, 2.05) is 72.8 Å². The molecule has 7 nitrogen and oxygen atoms in total. The number of fused-ring (bicyclic) bond motifs is 3. The van der Waals surface area contributed by atoms with E-state index >= 15 is 0 Å². The Balaban J connectivity index is 1.41. The Kier molecular flexibility index (Phi) is 7.51. The maximum Gasteiger partial charge on any atom is 0.407 e. The lowest BCUT2D eigenvalue weighted by atomic mass is 9.98. The number of ether oxygens (including phenoxy) is 1. The van der Waals surface area contributed by atoms with E-state index in [-0.39, 0.29) is 18.6 Å². The average Bonchev–Trinajstić information content (AvgIpc) is 3.15. The first kappa shape index (κ1) is 24.5. The summed E-state index contributed by atoms with van der Waals surface area (Å²) in [7, 11) is 0. The summed E-state index contributed by atoms with van der Waals surface area (Å²) in [6.07, 6.45) is -1.41. The number of rotatable bonds is 8. The Labute approximate surface area is 211 Å². The van der Waals surface area contributed by atoms with Crippen LogP contribution in [0.15, 0.2) is 77.3 Å². The zero-order valence-corrected chi connectivity index (χ0v) is 20.6. The highest BCUT2D eigenvalue weighted by atomic mass is 79.9. The molecular formula is C27H25BrN2O5. The second-order valence-electron chi connectivity index (χ2n) is 8.41. The van der Waals surface area contributed by atoms with Crippen molar-refractivity contribution in [3.8, 4) is 11.1 Å². The minimum atomic E-state index is -1.28. The van der Waals surface area contributed by atoms with Gasteiger partial charge in [-0.1, -0.05) is 76.6 Å². The summed E-state index contributed by atoms with van der Waals surface area (Å²) in [5, 5.41) is 14.5. The van der Waals surface area contributed by atoms with Gasteiger partial charge in [-0.3, -0.25) is 9.59 Å². The smallest absolute Gasteiger partial charge is 0.407 e. The van der Waals surface area contributed by atoms with Crippen molar-refractivity contribution < 1.29 is 24.2 Å². The second-order valence-corrected chi connectivity index (χ2v) is 9.32. The maximum atomic E-state index is 12.8. The first-order valence-corrected chi connectivity index (χ1v) is 12.0. The van der Waals surface area contributed by atoms with E-state index in [0.29, 0.717) is 0 Å². The molecule has 0 spiro atoms. The molecule has 1 aliphatic rings. The van der Waals surface area contributed by atoms with Gasteiger partial charge in [-0.25, -0.2) is 4.79 Å². The third kappa shape index (κ3) is 5.71. The van der Waals surface area contributed by atoms with E-state index in [9.17, 15) is 19.5 Å². The van der Waals surface area contributed by atoms with Crippen molar-refractivity contribution in [2.24, 2.45) is 0 Å². The summed E-state index contributed by atoms with van der Waals surface area (Å²) in [5.41, 5.74) is 5.15. The molecule has 35 heavy (non-hydrogen) atoms. The molecule has 0 bridgehead atoms. The van der Waals surface area contributed by atoms with E-state index in [2.05, 4.69) is 26.6 Å². The number of alkyl carbamates (subject to hydrolysis) is 1. The van der Waals surface area contributed by atoms with Gasteiger partial charge in [0.05, 0.1) is 12.5 Å². The van der Waals surface area contributed by atoms with Crippen LogP contribution in [0, 0.1) is 0 Å². The third-order valence-corrected chi connectivity index (χ3v) is 6.53. The highest BCUT2D eigenvalue weighted by Gasteiger charge is 2.30. The SMILES string of the molecule is C[C@@H](NC(=O)C(CC(=O)O)NC(=O)OCC1c2ccccc2-c2ccccc21)c1cccc(Br)c1. The zero-order valence-electron chi connectivity index (χ0n) is 19.0. The number of halogens is 1. The van der Waals surface area contributed by atoms with E-state index in [1.54, 1.807) is 6.92 Å². The van der Waals surface area contributed by atoms with Gasteiger partial charge in [-0.15, -0.1) is 0 Å². The number of carbonyl (C=O) groups excluding carboxylic acids is 2. The Morgan fingerprint density at radius 2 is 1.57 bits per heavy atom. The van der Waals surface area contributed by atoms with Crippen molar-refractivity contribution in [1.82, 2.24) is 10.6 Å². The van der Waals surface area contributed by atoms with Gasteiger partial charge < -0.3 is 20.5 Å². The van der Waals surface area contributed by atoms with Gasteiger partial charge in [-0.2, -0.15) is 0 Å². The highest BCUT2D eigenvalue weighted by Crippen LogP contribution is 2.44. The van der Waals surface area contributed by atoms with Crippen molar-refractivity contribution in [3.63, 3.8) is 0 Å². The van der Waals surface area contributed by atoms with Gasteiger partial charge in [0, 0.05) is 10.4 Å². The maximum absolute atomic E-state index is 12.8. The molecule has 1 aliphatic carbocycles. The van der Waals surface area contributed by atoms with Crippen LogP contribution in [-0.2, 0) is 14.3 Å². The number of benzene rings is 3. The number of amides is 2. The fourth-order valence-electron chi connectivity index (χ4n) is 4.34. The highest BCUT2D eigenvalue weighted by molar-refractivity contribution is 9.10. The molecule has 2 atom stereocenters. The molecule has 3 aromatic carbocycles. The molecule has 0 saturated heterocycles. The third-order valence-electron chi connectivity index (χ3n) is 6.04. The van der Waals surface area contributed by atoms with Gasteiger partial charge in [0.1, 0.15) is 12.6 Å². The number of hydrogen-bond acceptors (Lipinski definition) is 4. The van der Waals surface area contributed by atoms with Crippen LogP contribution >= 0.6 is 15.9 Å². The lowest BCUT2D eigenvalue weighted by Gasteiger charge is -2.21. The van der Waals surface area contributed by atoms with Gasteiger partial charge >= 0.3 is 12.1 Å². The molecule has 180 valence electrons. The topological polar surface area (TPSA) is 105 Å². The molecule has 0 saturated carbocycles. The number of nitrogens with one attached hydrogen (secondary N) is 2. The molecule has 3 aromatic rings. The minimum Gasteiger partial charge on any atom is -0.481 e. The van der Waals surface area contributed by atoms with Crippen molar-refractivity contribution in [2.45, 2.75) is 31.3 Å². The van der Waals surface area contributed by atoms with Crippen LogP contribution < -0.4 is 10.6 Å². The predicted octanol–water partition coefficient (Wildman–Crippen LogP) is 5.01. The number of carboxylic acid groups (broad SMARTS) is 1. The molecule has 4 rings (SSSR count). The fourth-order valence-corrected chi connectivity index (χ4v) is 4.76. The van der Waals surface area contributed by atoms with Crippen LogP contribution in [-0.4, -0.2) is 35.7 Å². The molecule has 0 aliphatic heterocycles. The van der Waals surface area contributed by atoms with Crippen molar-refractivity contribution in [1.29, 1.82) is 0 Å². The van der Waals surface area contributed by atoms with Crippen molar-refractivity contribution in [2.75, 3.05) is 6.61 Å². The quantitative estimate of drug-likeness (QED) is 0.375. The molecule has 1 unspecified atom stereocenters. The summed E-state index contributed by atoms with van der Waals surface area (Å²) in [4.78, 5) is 36.8. The van der Waals surface area contributed by atoms with E-state index in [4.69, 9.17) is 4.74 Å². The molecule has 3 N–H and O–H groups in total. The lowest BCUT2D eigenvalue weighted by Crippen LogP contribution is -2.48. The van der Waals surface area contributed by atoms with E-state index in [0.717, 1.165) is 32.3 Å². The average molecular weight is 537 g/mol. The monoisotopic (exact) mass is 536 g/mol. The van der Waals surface area contributed by atoms with E-state index in [1.165, 1.54) is 0 Å². The van der Waals surface area contributed by atoms with Crippen LogP contribution in [0.5, 0.6) is 0 Å². The number of carbonyl (C=O) groups is 3. The summed E-state index contributed by atoms with van der Waals surface area (Å²) in [6.45, 7) is 1.85. The van der Waals surface area contributed by atoms with Gasteiger partial charge in [-0.05, 0) is 46.9 Å². The molecule has 8 heteroatoms. The predicted molar refractivity (Wildman–Crippen MR) is 135 cm³/mol. The normalized spacial score (nSPS) is 13.8. The van der Waals surface area contributed by atoms with Crippen LogP contribution in [0.2, 0.25) is 0 Å². The molecule has 0 heterocycles. The van der Waals surface area contributed by atoms with Crippen LogP contribution in [0.4, 0.5) is 4.79 Å². The Morgan fingerprint density at radius 3 is 2.17 bits per heavy atom. The molecule has 0 aromatic heterocycles. The largest absolute Gasteiger partial charge is 0.481 e. The van der Waals surface area contributed by atoms with Gasteiger partial charge in [0.25, 0.3) is 0 Å². The Hall–Kier alpha value is -3.65. The van der Waals surface area contributed by atoms with Gasteiger partial charge in [0.15, 0.2) is 0 Å². The standard InChI is InChI=1S/C27H25BrN2O5/c1-16(17-7-6-8-18(28)13-17)29-26(33)24(14-25(31)32)30-27(34)35-15-23-21-11-4-2-9-19(21)20-10-3-5-12-22(20)23/h2-13,16,23-24H,14-15H2,1H3,(H,29,33)(H,30,34)(H,31,32)/t16-,24?/m1/s1. The fraction of sp³-hybridized carbons (Fsp3) is 0.222. The number of aliphatic carboxylic acids is 1. The summed E-state index contributed by atoms with van der Waals surface area (Å²) < 4.78 is 6.33. The first-order chi connectivity index (χ1) is 16.8. The second kappa shape index (κ2) is 10.7. The van der Waals surface area contributed by atoms with Crippen molar-refractivity contribution >= 4 is 33.9 Å². The Bertz CT molecular complexity index is 1220. The van der Waals surface area contributed by atoms with Crippen molar-refractivity contribution in [3.05, 3.63) is 94.0 Å². The van der Waals surface area contributed by atoms with Crippen LogP contribution in [0.1, 0.15) is 42.0 Å². The van der Waals surface area contributed by atoms with E-state index < -0.39 is 30.4 Å². The number of hydrogen-bond donors (Lipinski definition) is 3. The van der Waals surface area contributed by atoms with Crippen LogP contribution in [0.25, 0.3) is 11.1 Å². The van der Waals surface area contributed by atoms with Crippen LogP contribution in [0.3, 0.4) is 0 Å². The molecule has 0 radical (unpaired) electrons. The van der Waals surface area contributed by atoms with Gasteiger partial charge in [0.2, 0.25) is 5.91 Å². The summed E-state index contributed by atoms with van der Waals surface area (Å²) in [5.74, 6) is -1.95. The molecular weight excluding hydrogens is 512 g/mol. The summed E-state index contributed by atoms with van der Waals surface area (Å²) >= 11 is 3.39. The Morgan fingerprint density at radius 1 is 0.943 bits per heavy atom. The zero-order chi connectivity index (χ0) is 24.9. The number of carboxylic acids is 1. The molecule has 0 fully saturated rings. The minimum absolute atomic E-state index is 0.0652. The summed E-state index contributed by atoms with van der Waals surface area (Å²) in [6, 6.07) is 21.6. The lowest BCUT2D eigenvalue weighted by molar-refractivity contribution is -0.140. The first-order valence-electron chi connectivity index (χ1n) is 11.2.